The standard InChI is InChI=1S/C22H22Se2/c1-3-8-19(9-4-1)15-23-17-21-12-7-13-22(14-21)18-24-16-20-10-5-2-6-11-20/h1-14H,15-18H2. The molecule has 3 aromatic carbocycles. The van der Waals surface area contributed by atoms with Crippen LogP contribution in [0.3, 0.4) is 0 Å². The molecule has 0 aliphatic carbocycles. The van der Waals surface area contributed by atoms with Crippen molar-refractivity contribution in [2.24, 2.45) is 0 Å². The number of hydrogen-bond donors (Lipinski definition) is 0. The molecule has 3 aromatic rings. The Morgan fingerprint density at radius 2 is 0.792 bits per heavy atom. The first-order valence-electron chi connectivity index (χ1n) is 8.21. The molecule has 0 amide bonds. The van der Waals surface area contributed by atoms with Gasteiger partial charge in [0.25, 0.3) is 0 Å². The van der Waals surface area contributed by atoms with Crippen molar-refractivity contribution in [3.8, 4) is 0 Å². The van der Waals surface area contributed by atoms with E-state index >= 15 is 0 Å². The quantitative estimate of drug-likeness (QED) is 0.449. The van der Waals surface area contributed by atoms with Gasteiger partial charge in [-0.1, -0.05) is 0 Å². The van der Waals surface area contributed by atoms with E-state index in [1.807, 2.05) is 0 Å². The van der Waals surface area contributed by atoms with Gasteiger partial charge < -0.3 is 0 Å². The normalized spacial score (nSPS) is 10.7. The van der Waals surface area contributed by atoms with Gasteiger partial charge in [0.05, 0.1) is 0 Å². The maximum absolute atomic E-state index is 2.43. The molecule has 0 unspecified atom stereocenters. The first kappa shape index (κ1) is 17.5. The van der Waals surface area contributed by atoms with E-state index in [1.54, 1.807) is 0 Å². The zero-order valence-corrected chi connectivity index (χ0v) is 17.2. The molecule has 3 rings (SSSR count). The van der Waals surface area contributed by atoms with E-state index in [0.717, 1.165) is 0 Å². The Balaban J connectivity index is 1.45. The topological polar surface area (TPSA) is 0 Å². The van der Waals surface area contributed by atoms with Crippen molar-refractivity contribution >= 4 is 29.9 Å². The molecule has 0 aromatic heterocycles. The summed E-state index contributed by atoms with van der Waals surface area (Å²) in [6, 6.07) is 31.0. The molecule has 2 heteroatoms. The van der Waals surface area contributed by atoms with E-state index in [2.05, 4.69) is 84.9 Å². The summed E-state index contributed by atoms with van der Waals surface area (Å²) in [5.41, 5.74) is 5.97. The number of benzene rings is 3. The molecule has 0 aliphatic heterocycles. The fourth-order valence-corrected chi connectivity index (χ4v) is 6.50. The first-order chi connectivity index (χ1) is 11.9. The zero-order chi connectivity index (χ0) is 16.5. The molecule has 0 nitrogen and oxygen atoms in total. The van der Waals surface area contributed by atoms with Gasteiger partial charge in [0.1, 0.15) is 0 Å². The van der Waals surface area contributed by atoms with Crippen LogP contribution < -0.4 is 0 Å². The second-order valence-corrected chi connectivity index (χ2v) is 9.91. The molecule has 0 radical (unpaired) electrons. The summed E-state index contributed by atoms with van der Waals surface area (Å²) in [5.74, 6) is 0. The van der Waals surface area contributed by atoms with E-state index < -0.39 is 0 Å². The van der Waals surface area contributed by atoms with Crippen LogP contribution in [0.5, 0.6) is 0 Å². The van der Waals surface area contributed by atoms with Crippen LogP contribution in [0, 0.1) is 0 Å². The first-order valence-corrected chi connectivity index (χ1v) is 13.1. The molecule has 0 aliphatic rings. The molecular formula is C22H22Se2. The van der Waals surface area contributed by atoms with Crippen LogP contribution >= 0.6 is 0 Å². The van der Waals surface area contributed by atoms with Gasteiger partial charge in [-0.15, -0.1) is 0 Å². The summed E-state index contributed by atoms with van der Waals surface area (Å²) in [6.45, 7) is 0. The van der Waals surface area contributed by atoms with Crippen molar-refractivity contribution < 1.29 is 0 Å². The van der Waals surface area contributed by atoms with Crippen molar-refractivity contribution in [1.29, 1.82) is 0 Å². The van der Waals surface area contributed by atoms with E-state index in [4.69, 9.17) is 0 Å². The van der Waals surface area contributed by atoms with E-state index in [9.17, 15) is 0 Å². The molecule has 0 saturated carbocycles. The van der Waals surface area contributed by atoms with Gasteiger partial charge in [-0.2, -0.15) is 0 Å². The Kier molecular flexibility index (Phi) is 7.20. The van der Waals surface area contributed by atoms with Crippen molar-refractivity contribution in [3.63, 3.8) is 0 Å². The Morgan fingerprint density at radius 3 is 1.25 bits per heavy atom. The molecule has 0 saturated heterocycles. The van der Waals surface area contributed by atoms with Crippen LogP contribution in [0.2, 0.25) is 0 Å². The SMILES string of the molecule is c1ccc(C[Se]Cc2cccc(C[Se]Cc3ccccc3)c2)cc1. The van der Waals surface area contributed by atoms with Gasteiger partial charge in [-0.3, -0.25) is 0 Å². The molecule has 0 N–H and O–H groups in total. The minimum absolute atomic E-state index is 0.648. The summed E-state index contributed by atoms with van der Waals surface area (Å²) in [4.78, 5) is 0. The predicted molar refractivity (Wildman–Crippen MR) is 106 cm³/mol. The average Bonchev–Trinajstić information content (AvgIpc) is 2.64. The second-order valence-electron chi connectivity index (χ2n) is 5.78. The monoisotopic (exact) mass is 446 g/mol. The van der Waals surface area contributed by atoms with Gasteiger partial charge in [0, 0.05) is 0 Å². The maximum atomic E-state index is 2.43. The Bertz CT molecular complexity index is 662. The summed E-state index contributed by atoms with van der Waals surface area (Å²) in [5, 5.41) is 4.94. The van der Waals surface area contributed by atoms with Gasteiger partial charge in [-0.25, -0.2) is 0 Å². The van der Waals surface area contributed by atoms with Gasteiger partial charge in [0.2, 0.25) is 0 Å². The third kappa shape index (κ3) is 5.96. The van der Waals surface area contributed by atoms with E-state index in [0.29, 0.717) is 29.9 Å². The molecule has 0 heterocycles. The van der Waals surface area contributed by atoms with Crippen molar-refractivity contribution in [2.75, 3.05) is 0 Å². The Morgan fingerprint density at radius 1 is 0.417 bits per heavy atom. The molecule has 24 heavy (non-hydrogen) atoms. The summed E-state index contributed by atoms with van der Waals surface area (Å²) in [7, 11) is 0. The minimum atomic E-state index is 0.648. The third-order valence-corrected chi connectivity index (χ3v) is 8.26. The molecule has 122 valence electrons. The van der Waals surface area contributed by atoms with E-state index in [1.165, 1.54) is 43.5 Å². The van der Waals surface area contributed by atoms with E-state index in [-0.39, 0.29) is 0 Å². The second kappa shape index (κ2) is 9.86. The molecule has 0 atom stereocenters. The fraction of sp³-hybridized carbons (Fsp3) is 0.182. The van der Waals surface area contributed by atoms with Crippen LogP contribution in [0.15, 0.2) is 84.9 Å². The molecule has 0 bridgehead atoms. The van der Waals surface area contributed by atoms with Gasteiger partial charge in [-0.05, 0) is 0 Å². The number of rotatable bonds is 8. The number of hydrogen-bond acceptors (Lipinski definition) is 0. The van der Waals surface area contributed by atoms with Crippen molar-refractivity contribution in [2.45, 2.75) is 21.3 Å². The summed E-state index contributed by atoms with van der Waals surface area (Å²) < 4.78 is 0. The van der Waals surface area contributed by atoms with Crippen LogP contribution in [0.4, 0.5) is 0 Å². The summed E-state index contributed by atoms with van der Waals surface area (Å²) in [6.07, 6.45) is 0. The zero-order valence-electron chi connectivity index (χ0n) is 13.7. The van der Waals surface area contributed by atoms with Crippen LogP contribution in [0.1, 0.15) is 22.3 Å². The van der Waals surface area contributed by atoms with Gasteiger partial charge >= 0.3 is 158 Å². The van der Waals surface area contributed by atoms with Crippen LogP contribution in [0.25, 0.3) is 0 Å². The Hall–Kier alpha value is -1.30. The molecule has 0 spiro atoms. The van der Waals surface area contributed by atoms with Gasteiger partial charge in [0.15, 0.2) is 0 Å². The molecule has 0 fully saturated rings. The predicted octanol–water partition coefficient (Wildman–Crippen LogP) is 4.50. The third-order valence-electron chi connectivity index (χ3n) is 3.75. The molecular weight excluding hydrogens is 422 g/mol. The van der Waals surface area contributed by atoms with Crippen molar-refractivity contribution in [3.05, 3.63) is 107 Å². The average molecular weight is 444 g/mol. The van der Waals surface area contributed by atoms with Crippen LogP contribution in [-0.4, -0.2) is 29.9 Å². The van der Waals surface area contributed by atoms with Crippen LogP contribution in [-0.2, 0) is 21.3 Å². The Labute approximate surface area is 158 Å². The fourth-order valence-electron chi connectivity index (χ4n) is 2.53. The van der Waals surface area contributed by atoms with Crippen molar-refractivity contribution in [1.82, 2.24) is 0 Å². The summed E-state index contributed by atoms with van der Waals surface area (Å²) >= 11 is 1.30.